The summed E-state index contributed by atoms with van der Waals surface area (Å²) in [5.74, 6) is 2.10. The highest BCUT2D eigenvalue weighted by Gasteiger charge is 2.17. The van der Waals surface area contributed by atoms with Crippen molar-refractivity contribution in [1.82, 2.24) is 0 Å². The normalized spacial score (nSPS) is 10.3. The molecule has 0 fully saturated rings. The second-order valence-electron chi connectivity index (χ2n) is 5.32. The van der Waals surface area contributed by atoms with E-state index in [1.165, 1.54) is 11.1 Å². The molecule has 0 radical (unpaired) electrons. The summed E-state index contributed by atoms with van der Waals surface area (Å²) >= 11 is 0. The number of hydrogen-bond donors (Lipinski definition) is 0. The third-order valence-electron chi connectivity index (χ3n) is 4.01. The van der Waals surface area contributed by atoms with Crippen molar-refractivity contribution in [3.05, 3.63) is 66.7 Å². The molecule has 0 aliphatic rings. The summed E-state index contributed by atoms with van der Waals surface area (Å²) in [6.45, 7) is 0. The van der Waals surface area contributed by atoms with Crippen LogP contribution in [0.25, 0.3) is 22.3 Å². The van der Waals surface area contributed by atoms with E-state index in [4.69, 9.17) is 14.2 Å². The largest absolute Gasteiger partial charge is 0.496 e. The van der Waals surface area contributed by atoms with Crippen molar-refractivity contribution in [1.29, 1.82) is 0 Å². The number of hydrogen-bond acceptors (Lipinski definition) is 3. The Labute approximate surface area is 142 Å². The summed E-state index contributed by atoms with van der Waals surface area (Å²) in [5.41, 5.74) is 4.26. The second-order valence-corrected chi connectivity index (χ2v) is 5.32. The van der Waals surface area contributed by atoms with Crippen LogP contribution in [0.2, 0.25) is 0 Å². The van der Waals surface area contributed by atoms with Gasteiger partial charge in [0.25, 0.3) is 0 Å². The van der Waals surface area contributed by atoms with Gasteiger partial charge in [-0.1, -0.05) is 54.6 Å². The van der Waals surface area contributed by atoms with E-state index in [1.807, 2.05) is 30.3 Å². The summed E-state index contributed by atoms with van der Waals surface area (Å²) in [7, 11) is 4.93. The van der Waals surface area contributed by atoms with Crippen LogP contribution in [0.15, 0.2) is 66.7 Å². The fourth-order valence-electron chi connectivity index (χ4n) is 2.81. The van der Waals surface area contributed by atoms with E-state index in [1.54, 1.807) is 21.3 Å². The Bertz CT molecular complexity index is 808. The molecule has 0 heterocycles. The molecule has 0 saturated carbocycles. The molecule has 3 aromatic carbocycles. The summed E-state index contributed by atoms with van der Waals surface area (Å²) < 4.78 is 16.5. The van der Waals surface area contributed by atoms with Gasteiger partial charge in [0.1, 0.15) is 5.75 Å². The fraction of sp³-hybridized carbons (Fsp3) is 0.143. The highest BCUT2D eigenvalue weighted by Crippen LogP contribution is 2.44. The Morgan fingerprint density at radius 3 is 1.62 bits per heavy atom. The molecule has 0 amide bonds. The minimum absolute atomic E-state index is 0.671. The predicted molar refractivity (Wildman–Crippen MR) is 97.0 cm³/mol. The molecule has 0 saturated heterocycles. The zero-order chi connectivity index (χ0) is 16.9. The Kier molecular flexibility index (Phi) is 4.71. The van der Waals surface area contributed by atoms with Gasteiger partial charge in [0.2, 0.25) is 0 Å². The van der Waals surface area contributed by atoms with E-state index >= 15 is 0 Å². The van der Waals surface area contributed by atoms with Crippen LogP contribution in [-0.2, 0) is 0 Å². The van der Waals surface area contributed by atoms with Crippen LogP contribution in [0.5, 0.6) is 17.2 Å². The molecule has 3 nitrogen and oxygen atoms in total. The minimum Gasteiger partial charge on any atom is -0.496 e. The Morgan fingerprint density at radius 1 is 0.500 bits per heavy atom. The van der Waals surface area contributed by atoms with Crippen LogP contribution in [0.4, 0.5) is 0 Å². The van der Waals surface area contributed by atoms with Gasteiger partial charge in [0.15, 0.2) is 11.5 Å². The van der Waals surface area contributed by atoms with Crippen molar-refractivity contribution < 1.29 is 14.2 Å². The van der Waals surface area contributed by atoms with Crippen LogP contribution in [0, 0.1) is 0 Å². The van der Waals surface area contributed by atoms with E-state index in [0.29, 0.717) is 11.5 Å². The summed E-state index contributed by atoms with van der Waals surface area (Å²) in [6, 6.07) is 22.4. The van der Waals surface area contributed by atoms with Crippen molar-refractivity contribution in [3.8, 4) is 39.5 Å². The zero-order valence-electron chi connectivity index (χ0n) is 14.1. The van der Waals surface area contributed by atoms with Crippen LogP contribution in [0.3, 0.4) is 0 Å². The maximum absolute atomic E-state index is 5.57. The van der Waals surface area contributed by atoms with Crippen molar-refractivity contribution in [2.24, 2.45) is 0 Å². The molecule has 122 valence electrons. The molecular weight excluding hydrogens is 300 g/mol. The van der Waals surface area contributed by atoms with Gasteiger partial charge in [0.05, 0.1) is 26.9 Å². The quantitative estimate of drug-likeness (QED) is 0.658. The molecule has 0 aliphatic carbocycles. The van der Waals surface area contributed by atoms with Crippen LogP contribution in [-0.4, -0.2) is 21.3 Å². The Balaban J connectivity index is 2.09. The third kappa shape index (κ3) is 2.93. The van der Waals surface area contributed by atoms with E-state index in [2.05, 4.69) is 36.4 Å². The number of ether oxygens (including phenoxy) is 3. The Hall–Kier alpha value is -2.94. The topological polar surface area (TPSA) is 27.7 Å². The van der Waals surface area contributed by atoms with E-state index in [9.17, 15) is 0 Å². The first-order valence-electron chi connectivity index (χ1n) is 7.73. The molecule has 0 spiro atoms. The standard InChI is InChI=1S/C21H20O3/c1-22-18-13-14-19(23-2)21(24-3)20(18)17-11-9-16(10-12-17)15-7-5-4-6-8-15/h4-14H,1-3H3. The molecule has 0 bridgehead atoms. The van der Waals surface area contributed by atoms with Crippen LogP contribution >= 0.6 is 0 Å². The van der Waals surface area contributed by atoms with E-state index < -0.39 is 0 Å². The first kappa shape index (κ1) is 15.9. The van der Waals surface area contributed by atoms with Gasteiger partial charge in [0, 0.05) is 0 Å². The molecule has 3 aromatic rings. The number of rotatable bonds is 5. The van der Waals surface area contributed by atoms with Gasteiger partial charge in [-0.2, -0.15) is 0 Å². The molecule has 0 atom stereocenters. The van der Waals surface area contributed by atoms with Gasteiger partial charge in [-0.05, 0) is 28.8 Å². The molecule has 0 N–H and O–H groups in total. The molecular formula is C21H20O3. The molecule has 0 aliphatic heterocycles. The highest BCUT2D eigenvalue weighted by molar-refractivity contribution is 5.81. The molecule has 0 unspecified atom stereocenters. The van der Waals surface area contributed by atoms with Gasteiger partial charge in [-0.15, -0.1) is 0 Å². The van der Waals surface area contributed by atoms with Gasteiger partial charge < -0.3 is 14.2 Å². The smallest absolute Gasteiger partial charge is 0.172 e. The number of methoxy groups -OCH3 is 3. The molecule has 3 heteroatoms. The van der Waals surface area contributed by atoms with Gasteiger partial charge in [-0.3, -0.25) is 0 Å². The van der Waals surface area contributed by atoms with Crippen molar-refractivity contribution in [2.45, 2.75) is 0 Å². The third-order valence-corrected chi connectivity index (χ3v) is 4.01. The minimum atomic E-state index is 0.671. The summed E-state index contributed by atoms with van der Waals surface area (Å²) in [5, 5.41) is 0. The zero-order valence-corrected chi connectivity index (χ0v) is 14.1. The maximum atomic E-state index is 5.57. The predicted octanol–water partition coefficient (Wildman–Crippen LogP) is 5.05. The lowest BCUT2D eigenvalue weighted by Crippen LogP contribution is -1.96. The highest BCUT2D eigenvalue weighted by atomic mass is 16.5. The van der Waals surface area contributed by atoms with Crippen LogP contribution in [0.1, 0.15) is 0 Å². The maximum Gasteiger partial charge on any atom is 0.172 e. The lowest BCUT2D eigenvalue weighted by molar-refractivity contribution is 0.351. The Morgan fingerprint density at radius 2 is 1.04 bits per heavy atom. The lowest BCUT2D eigenvalue weighted by atomic mass is 9.98. The molecule has 0 aromatic heterocycles. The van der Waals surface area contributed by atoms with Gasteiger partial charge in [-0.25, -0.2) is 0 Å². The van der Waals surface area contributed by atoms with Crippen molar-refractivity contribution in [2.75, 3.05) is 21.3 Å². The second kappa shape index (κ2) is 7.09. The van der Waals surface area contributed by atoms with Crippen molar-refractivity contribution >= 4 is 0 Å². The first-order chi connectivity index (χ1) is 11.8. The SMILES string of the molecule is COc1ccc(OC)c(-c2ccc(-c3ccccc3)cc2)c1OC. The van der Waals surface area contributed by atoms with E-state index in [-0.39, 0.29) is 0 Å². The fourth-order valence-corrected chi connectivity index (χ4v) is 2.81. The molecule has 3 rings (SSSR count). The number of benzene rings is 3. The average Bonchev–Trinajstić information content (AvgIpc) is 2.67. The summed E-state index contributed by atoms with van der Waals surface area (Å²) in [4.78, 5) is 0. The summed E-state index contributed by atoms with van der Waals surface area (Å²) in [6.07, 6.45) is 0. The average molecular weight is 320 g/mol. The lowest BCUT2D eigenvalue weighted by Gasteiger charge is -2.16. The first-order valence-corrected chi connectivity index (χ1v) is 7.73. The van der Waals surface area contributed by atoms with Gasteiger partial charge >= 0.3 is 0 Å². The van der Waals surface area contributed by atoms with Crippen LogP contribution < -0.4 is 14.2 Å². The van der Waals surface area contributed by atoms with Crippen molar-refractivity contribution in [3.63, 3.8) is 0 Å². The molecule has 24 heavy (non-hydrogen) atoms. The van der Waals surface area contributed by atoms with E-state index in [0.717, 1.165) is 16.9 Å². The monoisotopic (exact) mass is 320 g/mol.